The molecular weight excluding hydrogens is 390 g/mol. The molecule has 7 nitrogen and oxygen atoms in total. The number of rotatable bonds is 7. The summed E-state index contributed by atoms with van der Waals surface area (Å²) in [6.07, 6.45) is 1.74. The van der Waals surface area contributed by atoms with E-state index >= 15 is 0 Å². The van der Waals surface area contributed by atoms with E-state index in [2.05, 4.69) is 17.2 Å². The summed E-state index contributed by atoms with van der Waals surface area (Å²) in [6.45, 7) is 5.23. The number of thiophene rings is 1. The Kier molecular flexibility index (Phi) is 6.33. The lowest BCUT2D eigenvalue weighted by Crippen LogP contribution is -3.11. The largest absolute Gasteiger partial charge is 0.454 e. The highest BCUT2D eigenvalue weighted by Gasteiger charge is 2.18. The van der Waals surface area contributed by atoms with Crippen LogP contribution in [0.5, 0.6) is 11.5 Å². The minimum Gasteiger partial charge on any atom is -0.454 e. The summed E-state index contributed by atoms with van der Waals surface area (Å²) in [6, 6.07) is 8.17. The van der Waals surface area contributed by atoms with Gasteiger partial charge in [-0.3, -0.25) is 10.1 Å². The van der Waals surface area contributed by atoms with E-state index in [1.54, 1.807) is 24.3 Å². The van der Waals surface area contributed by atoms with Crippen LogP contribution in [0, 0.1) is 0 Å². The van der Waals surface area contributed by atoms with Crippen LogP contribution >= 0.6 is 22.9 Å². The third-order valence-corrected chi connectivity index (χ3v) is 5.01. The third-order valence-electron chi connectivity index (χ3n) is 3.78. The number of amides is 3. The van der Waals surface area contributed by atoms with Crippen LogP contribution in [-0.4, -0.2) is 31.8 Å². The Morgan fingerprint density at radius 1 is 1.26 bits per heavy atom. The number of benzene rings is 1. The number of hydrogen-bond donors (Lipinski definition) is 3. The Balaban J connectivity index is 1.51. The van der Waals surface area contributed by atoms with Crippen LogP contribution in [-0.2, 0) is 11.3 Å². The number of anilines is 1. The predicted octanol–water partition coefficient (Wildman–Crippen LogP) is 2.05. The molecule has 1 unspecified atom stereocenters. The molecule has 2 heterocycles. The number of quaternary nitrogens is 1. The molecular formula is C18H19ClN3O4S+. The van der Waals surface area contributed by atoms with Gasteiger partial charge in [-0.25, -0.2) is 4.79 Å². The Bertz CT molecular complexity index is 855. The van der Waals surface area contributed by atoms with Crippen LogP contribution in [0.4, 0.5) is 10.5 Å². The lowest BCUT2D eigenvalue weighted by Gasteiger charge is -2.16. The van der Waals surface area contributed by atoms with E-state index < -0.39 is 6.03 Å². The molecule has 1 aromatic heterocycles. The van der Waals surface area contributed by atoms with E-state index in [0.29, 0.717) is 34.6 Å². The Labute approximate surface area is 165 Å². The van der Waals surface area contributed by atoms with Crippen LogP contribution < -0.4 is 25.0 Å². The van der Waals surface area contributed by atoms with Gasteiger partial charge in [-0.2, -0.15) is 0 Å². The molecule has 3 amide bonds. The maximum atomic E-state index is 12.2. The molecule has 1 aliphatic rings. The lowest BCUT2D eigenvalue weighted by molar-refractivity contribution is -0.899. The molecule has 0 spiro atoms. The maximum Gasteiger partial charge on any atom is 0.326 e. The minimum absolute atomic E-state index is 0.135. The molecule has 9 heteroatoms. The van der Waals surface area contributed by atoms with Crippen molar-refractivity contribution in [2.75, 3.05) is 25.2 Å². The van der Waals surface area contributed by atoms with Crippen molar-refractivity contribution in [2.24, 2.45) is 0 Å². The number of carbonyl (C=O) groups excluding carboxylic acids is 2. The number of carbonyl (C=O) groups is 2. The molecule has 0 fully saturated rings. The summed E-state index contributed by atoms with van der Waals surface area (Å²) in [5.74, 6) is 0.789. The third kappa shape index (κ3) is 5.46. The molecule has 0 saturated heterocycles. The van der Waals surface area contributed by atoms with Crippen molar-refractivity contribution in [3.63, 3.8) is 0 Å². The van der Waals surface area contributed by atoms with Crippen molar-refractivity contribution in [1.29, 1.82) is 0 Å². The first-order valence-corrected chi connectivity index (χ1v) is 9.42. The molecule has 27 heavy (non-hydrogen) atoms. The molecule has 142 valence electrons. The maximum absolute atomic E-state index is 12.2. The molecule has 2 aromatic rings. The summed E-state index contributed by atoms with van der Waals surface area (Å²) in [5, 5.41) is 4.95. The van der Waals surface area contributed by atoms with Crippen molar-refractivity contribution >= 4 is 40.6 Å². The summed E-state index contributed by atoms with van der Waals surface area (Å²) < 4.78 is 11.2. The molecule has 0 bridgehead atoms. The highest BCUT2D eigenvalue weighted by atomic mass is 35.5. The monoisotopic (exact) mass is 408 g/mol. The first-order valence-electron chi connectivity index (χ1n) is 8.22. The van der Waals surface area contributed by atoms with Gasteiger partial charge in [0.2, 0.25) is 6.79 Å². The van der Waals surface area contributed by atoms with E-state index in [0.717, 1.165) is 9.78 Å². The van der Waals surface area contributed by atoms with Gasteiger partial charge < -0.3 is 19.7 Å². The zero-order valence-electron chi connectivity index (χ0n) is 14.4. The minimum atomic E-state index is -0.601. The second kappa shape index (κ2) is 8.90. The highest BCUT2D eigenvalue weighted by molar-refractivity contribution is 7.16. The van der Waals surface area contributed by atoms with Crippen molar-refractivity contribution in [3.05, 3.63) is 52.2 Å². The van der Waals surface area contributed by atoms with Crippen molar-refractivity contribution in [3.8, 4) is 11.5 Å². The first kappa shape index (κ1) is 19.2. The SMILES string of the molecule is C=CC[NH+](CC(=O)NC(=O)Nc1ccc2c(c1)OCO2)Cc1ccc(Cl)s1. The van der Waals surface area contributed by atoms with Gasteiger partial charge in [-0.05, 0) is 30.3 Å². The van der Waals surface area contributed by atoms with Crippen LogP contribution in [0.3, 0.4) is 0 Å². The zero-order chi connectivity index (χ0) is 19.2. The van der Waals surface area contributed by atoms with Gasteiger partial charge in [0.05, 0.1) is 15.8 Å². The normalized spacial score (nSPS) is 13.1. The Morgan fingerprint density at radius 3 is 2.81 bits per heavy atom. The van der Waals surface area contributed by atoms with Crippen molar-refractivity contribution < 1.29 is 24.0 Å². The van der Waals surface area contributed by atoms with Crippen LogP contribution in [0.1, 0.15) is 4.88 Å². The zero-order valence-corrected chi connectivity index (χ0v) is 16.0. The summed E-state index contributed by atoms with van der Waals surface area (Å²) in [5.41, 5.74) is 0.507. The number of fused-ring (bicyclic) bond motifs is 1. The first-order chi connectivity index (χ1) is 13.0. The number of urea groups is 1. The average molecular weight is 409 g/mol. The molecule has 0 saturated carbocycles. The highest BCUT2D eigenvalue weighted by Crippen LogP contribution is 2.34. The Morgan fingerprint density at radius 2 is 2.07 bits per heavy atom. The van der Waals surface area contributed by atoms with E-state index in [1.807, 2.05) is 12.1 Å². The van der Waals surface area contributed by atoms with Crippen LogP contribution in [0.15, 0.2) is 43.0 Å². The number of halogens is 1. The number of ether oxygens (including phenoxy) is 2. The molecule has 0 radical (unpaired) electrons. The Hall–Kier alpha value is -2.55. The molecule has 3 rings (SSSR count). The van der Waals surface area contributed by atoms with Gasteiger partial charge in [0.25, 0.3) is 5.91 Å². The average Bonchev–Trinajstić information content (AvgIpc) is 3.23. The molecule has 0 aliphatic carbocycles. The van der Waals surface area contributed by atoms with E-state index in [4.69, 9.17) is 21.1 Å². The predicted molar refractivity (Wildman–Crippen MR) is 104 cm³/mol. The van der Waals surface area contributed by atoms with Crippen molar-refractivity contribution in [1.82, 2.24) is 5.32 Å². The summed E-state index contributed by atoms with van der Waals surface area (Å²) in [7, 11) is 0. The molecule has 1 atom stereocenters. The quantitative estimate of drug-likeness (QED) is 0.612. The van der Waals surface area contributed by atoms with Gasteiger partial charge in [0, 0.05) is 11.8 Å². The number of hydrogen-bond acceptors (Lipinski definition) is 5. The van der Waals surface area contributed by atoms with Crippen LogP contribution in [0.2, 0.25) is 4.34 Å². The van der Waals surface area contributed by atoms with Gasteiger partial charge >= 0.3 is 6.03 Å². The van der Waals surface area contributed by atoms with Crippen LogP contribution in [0.25, 0.3) is 0 Å². The van der Waals surface area contributed by atoms with Gasteiger partial charge in [0.1, 0.15) is 6.54 Å². The van der Waals surface area contributed by atoms with E-state index in [-0.39, 0.29) is 19.2 Å². The standard InChI is InChI=1S/C18H18ClN3O4S/c1-2-7-22(9-13-4-6-16(19)27-13)10-17(23)21-18(24)20-12-3-5-14-15(8-12)26-11-25-14/h2-6,8H,1,7,9-11H2,(H2,20,21,23,24)/p+1. The molecule has 1 aromatic carbocycles. The summed E-state index contributed by atoms with van der Waals surface area (Å²) >= 11 is 7.42. The van der Waals surface area contributed by atoms with Crippen molar-refractivity contribution in [2.45, 2.75) is 6.54 Å². The smallest absolute Gasteiger partial charge is 0.326 e. The fourth-order valence-corrected chi connectivity index (χ4v) is 3.80. The van der Waals surface area contributed by atoms with Gasteiger partial charge in [-0.15, -0.1) is 11.3 Å². The second-order valence-corrected chi connectivity index (χ2v) is 7.67. The number of nitrogens with one attached hydrogen (secondary N) is 3. The summed E-state index contributed by atoms with van der Waals surface area (Å²) in [4.78, 5) is 26.3. The molecule has 1 aliphatic heterocycles. The van der Waals surface area contributed by atoms with E-state index in [1.165, 1.54) is 11.3 Å². The second-order valence-electron chi connectivity index (χ2n) is 5.87. The lowest BCUT2D eigenvalue weighted by atomic mass is 10.3. The van der Waals surface area contributed by atoms with E-state index in [9.17, 15) is 9.59 Å². The fraction of sp³-hybridized carbons (Fsp3) is 0.222. The number of imide groups is 1. The molecule has 3 N–H and O–H groups in total. The fourth-order valence-electron chi connectivity index (χ4n) is 2.64. The van der Waals surface area contributed by atoms with Gasteiger partial charge in [-0.1, -0.05) is 18.2 Å². The van der Waals surface area contributed by atoms with Gasteiger partial charge in [0.15, 0.2) is 18.0 Å². The topological polar surface area (TPSA) is 81.1 Å².